The second-order valence-electron chi connectivity index (χ2n) is 3.02. The highest BCUT2D eigenvalue weighted by Crippen LogP contribution is 2.16. The Balaban J connectivity index is 2.62. The second kappa shape index (κ2) is 6.25. The first-order valence-corrected chi connectivity index (χ1v) is 5.03. The Hall–Kier alpha value is -1.39. The highest BCUT2D eigenvalue weighted by molar-refractivity contribution is 6.30. The maximum Gasteiger partial charge on any atom is 0.244 e. The number of rotatable bonds is 4. The molecule has 0 radical (unpaired) electrons. The molecule has 0 unspecified atom stereocenters. The van der Waals surface area contributed by atoms with Crippen LogP contribution in [0.15, 0.2) is 24.3 Å². The van der Waals surface area contributed by atoms with Crippen molar-refractivity contribution in [3.8, 4) is 0 Å². The smallest absolute Gasteiger partial charge is 0.244 e. The molecule has 1 aromatic rings. The number of nitrogens with one attached hydrogen (secondary N) is 1. The predicted octanol–water partition coefficient (Wildman–Crippen LogP) is 1.60. The maximum atomic E-state index is 12.8. The van der Waals surface area contributed by atoms with E-state index in [1.165, 1.54) is 30.4 Å². The molecule has 1 rings (SSSR count). The number of hydrogen-bond donors (Lipinski definition) is 2. The number of aliphatic hydroxyl groups is 1. The van der Waals surface area contributed by atoms with Gasteiger partial charge in [-0.05, 0) is 23.8 Å². The number of amides is 1. The lowest BCUT2D eigenvalue weighted by atomic mass is 10.2. The number of aliphatic hydroxyl groups excluding tert-OH is 1. The molecule has 0 aliphatic carbocycles. The van der Waals surface area contributed by atoms with Crippen LogP contribution in [-0.2, 0) is 4.79 Å². The third kappa shape index (κ3) is 4.00. The molecule has 0 saturated carbocycles. The van der Waals surface area contributed by atoms with Crippen LogP contribution in [0.1, 0.15) is 5.56 Å². The molecule has 0 atom stereocenters. The van der Waals surface area contributed by atoms with Crippen LogP contribution in [0, 0.1) is 5.82 Å². The van der Waals surface area contributed by atoms with Crippen molar-refractivity contribution in [3.63, 3.8) is 0 Å². The predicted molar refractivity (Wildman–Crippen MR) is 60.5 cm³/mol. The summed E-state index contributed by atoms with van der Waals surface area (Å²) in [5.74, 6) is -0.821. The average molecular weight is 244 g/mol. The Labute approximate surface area is 97.5 Å². The molecular formula is C11H11ClFNO2. The third-order valence-corrected chi connectivity index (χ3v) is 2.07. The largest absolute Gasteiger partial charge is 0.395 e. The summed E-state index contributed by atoms with van der Waals surface area (Å²) in [7, 11) is 0. The van der Waals surface area contributed by atoms with Crippen LogP contribution >= 0.6 is 11.6 Å². The molecule has 1 aromatic carbocycles. The summed E-state index contributed by atoms with van der Waals surface area (Å²) in [6.45, 7) is 0.0926. The molecule has 0 heterocycles. The fourth-order valence-corrected chi connectivity index (χ4v) is 1.21. The van der Waals surface area contributed by atoms with E-state index < -0.39 is 5.82 Å². The molecule has 1 amide bonds. The molecule has 16 heavy (non-hydrogen) atoms. The summed E-state index contributed by atoms with van der Waals surface area (Å²) < 4.78 is 12.8. The lowest BCUT2D eigenvalue weighted by Gasteiger charge is -1.98. The zero-order valence-corrected chi connectivity index (χ0v) is 9.17. The van der Waals surface area contributed by atoms with Crippen LogP contribution in [0.4, 0.5) is 4.39 Å². The van der Waals surface area contributed by atoms with E-state index in [-0.39, 0.29) is 24.1 Å². The number of halogens is 2. The van der Waals surface area contributed by atoms with Gasteiger partial charge in [0.15, 0.2) is 0 Å². The SMILES string of the molecule is O=C(/C=C/c1ccc(F)c(Cl)c1)NCCO. The maximum absolute atomic E-state index is 12.8. The zero-order chi connectivity index (χ0) is 12.0. The van der Waals surface area contributed by atoms with E-state index in [0.717, 1.165) is 0 Å². The van der Waals surface area contributed by atoms with Crippen LogP contribution in [-0.4, -0.2) is 24.2 Å². The van der Waals surface area contributed by atoms with Crippen molar-refractivity contribution >= 4 is 23.6 Å². The van der Waals surface area contributed by atoms with Gasteiger partial charge in [-0.1, -0.05) is 17.7 Å². The second-order valence-corrected chi connectivity index (χ2v) is 3.43. The molecule has 0 aromatic heterocycles. The van der Waals surface area contributed by atoms with Gasteiger partial charge in [0.25, 0.3) is 0 Å². The Morgan fingerprint density at radius 2 is 2.31 bits per heavy atom. The van der Waals surface area contributed by atoms with Crippen molar-refractivity contribution < 1.29 is 14.3 Å². The quantitative estimate of drug-likeness (QED) is 0.790. The minimum absolute atomic E-state index is 0.0120. The zero-order valence-electron chi connectivity index (χ0n) is 8.41. The fourth-order valence-electron chi connectivity index (χ4n) is 1.03. The van der Waals surface area contributed by atoms with Crippen molar-refractivity contribution in [2.75, 3.05) is 13.2 Å². The van der Waals surface area contributed by atoms with Crippen molar-refractivity contribution in [1.82, 2.24) is 5.32 Å². The van der Waals surface area contributed by atoms with Gasteiger partial charge in [0.05, 0.1) is 11.6 Å². The summed E-state index contributed by atoms with van der Waals surface area (Å²) in [6.07, 6.45) is 2.80. The summed E-state index contributed by atoms with van der Waals surface area (Å²) in [5.41, 5.74) is 0.630. The first-order chi connectivity index (χ1) is 7.63. The van der Waals surface area contributed by atoms with Gasteiger partial charge >= 0.3 is 0 Å². The van der Waals surface area contributed by atoms with E-state index in [1.807, 2.05) is 0 Å². The standard InChI is InChI=1S/C11H11ClFNO2/c12-9-7-8(1-3-10(9)13)2-4-11(16)14-5-6-15/h1-4,7,15H,5-6H2,(H,14,16)/b4-2+. The van der Waals surface area contributed by atoms with Gasteiger partial charge < -0.3 is 10.4 Å². The van der Waals surface area contributed by atoms with Crippen LogP contribution in [0.2, 0.25) is 5.02 Å². The molecule has 0 saturated heterocycles. The Bertz CT molecular complexity index is 407. The summed E-state index contributed by atoms with van der Waals surface area (Å²) in [6, 6.07) is 4.16. The molecule has 86 valence electrons. The lowest BCUT2D eigenvalue weighted by Crippen LogP contribution is -2.24. The minimum atomic E-state index is -0.497. The van der Waals surface area contributed by atoms with Crippen LogP contribution in [0.3, 0.4) is 0 Å². The van der Waals surface area contributed by atoms with Crippen molar-refractivity contribution in [1.29, 1.82) is 0 Å². The van der Waals surface area contributed by atoms with Crippen LogP contribution < -0.4 is 5.32 Å². The van der Waals surface area contributed by atoms with E-state index >= 15 is 0 Å². The van der Waals surface area contributed by atoms with Gasteiger partial charge in [0.2, 0.25) is 5.91 Å². The van der Waals surface area contributed by atoms with Gasteiger partial charge in [-0.15, -0.1) is 0 Å². The molecule has 0 spiro atoms. The minimum Gasteiger partial charge on any atom is -0.395 e. The monoisotopic (exact) mass is 243 g/mol. The summed E-state index contributed by atoms with van der Waals surface area (Å²) in [5, 5.41) is 10.9. The highest BCUT2D eigenvalue weighted by atomic mass is 35.5. The summed E-state index contributed by atoms with van der Waals surface area (Å²) in [4.78, 5) is 11.1. The molecule has 0 aliphatic heterocycles. The average Bonchev–Trinajstić information content (AvgIpc) is 2.28. The molecular weight excluding hydrogens is 233 g/mol. The van der Waals surface area contributed by atoms with Crippen molar-refractivity contribution in [3.05, 3.63) is 40.7 Å². The summed E-state index contributed by atoms with van der Waals surface area (Å²) >= 11 is 5.57. The van der Waals surface area contributed by atoms with Crippen molar-refractivity contribution in [2.45, 2.75) is 0 Å². The Morgan fingerprint density at radius 3 is 2.94 bits per heavy atom. The molecule has 2 N–H and O–H groups in total. The van der Waals surface area contributed by atoms with E-state index in [4.69, 9.17) is 16.7 Å². The van der Waals surface area contributed by atoms with Crippen LogP contribution in [0.25, 0.3) is 6.08 Å². The third-order valence-electron chi connectivity index (χ3n) is 1.78. The molecule has 0 aliphatic rings. The van der Waals surface area contributed by atoms with Gasteiger partial charge in [-0.2, -0.15) is 0 Å². The Morgan fingerprint density at radius 1 is 1.56 bits per heavy atom. The topological polar surface area (TPSA) is 49.3 Å². The van der Waals surface area contributed by atoms with E-state index in [1.54, 1.807) is 0 Å². The normalized spacial score (nSPS) is 10.7. The van der Waals surface area contributed by atoms with Crippen molar-refractivity contribution in [2.24, 2.45) is 0 Å². The van der Waals surface area contributed by atoms with Gasteiger partial charge in [0.1, 0.15) is 5.82 Å². The van der Waals surface area contributed by atoms with E-state index in [2.05, 4.69) is 5.32 Å². The number of hydrogen-bond acceptors (Lipinski definition) is 2. The fraction of sp³-hybridized carbons (Fsp3) is 0.182. The van der Waals surface area contributed by atoms with Gasteiger partial charge in [0, 0.05) is 12.6 Å². The van der Waals surface area contributed by atoms with Gasteiger partial charge in [-0.25, -0.2) is 4.39 Å². The number of carbonyl (C=O) groups excluding carboxylic acids is 1. The van der Waals surface area contributed by atoms with E-state index in [0.29, 0.717) is 5.56 Å². The molecule has 0 bridgehead atoms. The molecule has 0 fully saturated rings. The first kappa shape index (κ1) is 12.7. The molecule has 3 nitrogen and oxygen atoms in total. The van der Waals surface area contributed by atoms with Crippen LogP contribution in [0.5, 0.6) is 0 Å². The molecule has 5 heteroatoms. The van der Waals surface area contributed by atoms with E-state index in [9.17, 15) is 9.18 Å². The Kier molecular flexibility index (Phi) is 4.95. The first-order valence-electron chi connectivity index (χ1n) is 4.65. The number of benzene rings is 1. The lowest BCUT2D eigenvalue weighted by molar-refractivity contribution is -0.116. The number of carbonyl (C=O) groups is 1. The van der Waals surface area contributed by atoms with Gasteiger partial charge in [-0.3, -0.25) is 4.79 Å². The highest BCUT2D eigenvalue weighted by Gasteiger charge is 1.99.